The Kier molecular flexibility index (Phi) is 3.80. The molecule has 20 heavy (non-hydrogen) atoms. The number of nitrogens with one attached hydrogen (secondary N) is 2. The fraction of sp³-hybridized carbons (Fsp3) is 0.133. The molecule has 1 aromatic heterocycles. The molecule has 0 unspecified atom stereocenters. The van der Waals surface area contributed by atoms with Gasteiger partial charge in [-0.05, 0) is 45.8 Å². The summed E-state index contributed by atoms with van der Waals surface area (Å²) in [6, 6.07) is 13.0. The molecule has 2 aromatic carbocycles. The zero-order valence-electron chi connectivity index (χ0n) is 10.7. The van der Waals surface area contributed by atoms with Gasteiger partial charge in [0.2, 0.25) is 0 Å². The molecule has 5 heteroatoms. The number of aromatic amines is 1. The summed E-state index contributed by atoms with van der Waals surface area (Å²) >= 11 is 3.14. The number of H-pyrrole nitrogens is 1. The van der Waals surface area contributed by atoms with Crippen molar-refractivity contribution in [3.05, 3.63) is 64.1 Å². The smallest absolute Gasteiger partial charge is 0.137 e. The van der Waals surface area contributed by atoms with Crippen molar-refractivity contribution in [2.24, 2.45) is 0 Å². The van der Waals surface area contributed by atoms with Crippen LogP contribution in [0.25, 0.3) is 11.0 Å². The van der Waals surface area contributed by atoms with Crippen molar-refractivity contribution in [3.8, 4) is 0 Å². The van der Waals surface area contributed by atoms with E-state index in [1.165, 1.54) is 6.07 Å². The number of imidazole rings is 1. The molecule has 0 saturated heterocycles. The summed E-state index contributed by atoms with van der Waals surface area (Å²) in [5.41, 5.74) is 2.89. The number of nitrogens with zero attached hydrogens (tertiary/aromatic N) is 1. The molecule has 0 aliphatic heterocycles. The van der Waals surface area contributed by atoms with Crippen molar-refractivity contribution < 1.29 is 4.39 Å². The summed E-state index contributed by atoms with van der Waals surface area (Å²) in [5.74, 6) is 0.636. The van der Waals surface area contributed by atoms with E-state index in [1.54, 1.807) is 6.07 Å². The van der Waals surface area contributed by atoms with Gasteiger partial charge in [-0.25, -0.2) is 9.37 Å². The largest absolute Gasteiger partial charge is 0.341 e. The number of rotatable bonds is 4. The maximum Gasteiger partial charge on any atom is 0.137 e. The van der Waals surface area contributed by atoms with E-state index in [4.69, 9.17) is 0 Å². The first-order valence-electron chi connectivity index (χ1n) is 6.30. The number of halogens is 2. The highest BCUT2D eigenvalue weighted by Gasteiger charge is 2.03. The first-order chi connectivity index (χ1) is 9.72. The second-order valence-electron chi connectivity index (χ2n) is 4.55. The third kappa shape index (κ3) is 2.89. The van der Waals surface area contributed by atoms with Crippen LogP contribution in [0.1, 0.15) is 11.4 Å². The maximum atomic E-state index is 13.4. The van der Waals surface area contributed by atoms with Crippen molar-refractivity contribution in [1.82, 2.24) is 15.3 Å². The molecule has 1 heterocycles. The molecule has 0 radical (unpaired) electrons. The first kappa shape index (κ1) is 13.3. The molecule has 0 atom stereocenters. The van der Waals surface area contributed by atoms with Gasteiger partial charge in [0, 0.05) is 6.54 Å². The van der Waals surface area contributed by atoms with Crippen molar-refractivity contribution >= 4 is 27.0 Å². The number of aromatic nitrogens is 2. The third-order valence-corrected chi connectivity index (χ3v) is 3.69. The number of hydrogen-bond acceptors (Lipinski definition) is 2. The Labute approximate surface area is 124 Å². The van der Waals surface area contributed by atoms with Crippen LogP contribution in [0.5, 0.6) is 0 Å². The molecule has 3 nitrogen and oxygen atoms in total. The van der Waals surface area contributed by atoms with Crippen LogP contribution in [0.4, 0.5) is 4.39 Å². The van der Waals surface area contributed by atoms with Crippen molar-refractivity contribution in [2.75, 3.05) is 0 Å². The predicted octanol–water partition coefficient (Wildman–Crippen LogP) is 3.75. The van der Waals surface area contributed by atoms with Crippen LogP contribution in [0.15, 0.2) is 46.9 Å². The fourth-order valence-electron chi connectivity index (χ4n) is 2.06. The summed E-state index contributed by atoms with van der Waals surface area (Å²) in [6.07, 6.45) is 0. The lowest BCUT2D eigenvalue weighted by Crippen LogP contribution is -2.13. The minimum absolute atomic E-state index is 0.243. The van der Waals surface area contributed by atoms with Crippen LogP contribution in [0.2, 0.25) is 0 Å². The lowest BCUT2D eigenvalue weighted by atomic mass is 10.2. The molecule has 2 N–H and O–H groups in total. The number of hydrogen-bond donors (Lipinski definition) is 2. The quantitative estimate of drug-likeness (QED) is 0.763. The SMILES string of the molecule is Fc1cc(CNCc2nc3ccccc3[nH]2)ccc1Br. The van der Waals surface area contributed by atoms with Crippen LogP contribution in [0, 0.1) is 5.82 Å². The van der Waals surface area contributed by atoms with E-state index in [0.717, 1.165) is 22.4 Å². The standard InChI is InChI=1S/C15H13BrFN3/c16-11-6-5-10(7-12(11)17)8-18-9-15-19-13-3-1-2-4-14(13)20-15/h1-7,18H,8-9H2,(H,19,20). The minimum Gasteiger partial charge on any atom is -0.341 e. The van der Waals surface area contributed by atoms with Gasteiger partial charge in [0.25, 0.3) is 0 Å². The van der Waals surface area contributed by atoms with Gasteiger partial charge in [-0.15, -0.1) is 0 Å². The molecule has 0 amide bonds. The van der Waals surface area contributed by atoms with E-state index in [1.807, 2.05) is 30.3 Å². The highest BCUT2D eigenvalue weighted by molar-refractivity contribution is 9.10. The van der Waals surface area contributed by atoms with E-state index in [9.17, 15) is 4.39 Å². The second-order valence-corrected chi connectivity index (χ2v) is 5.41. The Balaban J connectivity index is 1.63. The van der Waals surface area contributed by atoms with E-state index < -0.39 is 0 Å². The molecule has 0 fully saturated rings. The normalized spacial score (nSPS) is 11.1. The first-order valence-corrected chi connectivity index (χ1v) is 7.10. The van der Waals surface area contributed by atoms with Crippen molar-refractivity contribution in [1.29, 1.82) is 0 Å². The van der Waals surface area contributed by atoms with Gasteiger partial charge in [-0.1, -0.05) is 18.2 Å². The van der Waals surface area contributed by atoms with E-state index in [2.05, 4.69) is 31.2 Å². The van der Waals surface area contributed by atoms with Gasteiger partial charge in [0.05, 0.1) is 22.1 Å². The maximum absolute atomic E-state index is 13.4. The lowest BCUT2D eigenvalue weighted by molar-refractivity contribution is 0.612. The predicted molar refractivity (Wildman–Crippen MR) is 80.7 cm³/mol. The van der Waals surface area contributed by atoms with Gasteiger partial charge in [0.1, 0.15) is 11.6 Å². The molecular weight excluding hydrogens is 321 g/mol. The van der Waals surface area contributed by atoms with Crippen LogP contribution in [0.3, 0.4) is 0 Å². The summed E-state index contributed by atoms with van der Waals surface area (Å²) in [5, 5.41) is 3.25. The van der Waals surface area contributed by atoms with E-state index in [-0.39, 0.29) is 5.82 Å². The van der Waals surface area contributed by atoms with Gasteiger partial charge < -0.3 is 10.3 Å². The minimum atomic E-state index is -0.243. The Morgan fingerprint density at radius 1 is 1.15 bits per heavy atom. The molecule has 3 aromatic rings. The molecule has 0 aliphatic carbocycles. The molecule has 0 aliphatic rings. The summed E-state index contributed by atoms with van der Waals surface area (Å²) in [4.78, 5) is 7.72. The van der Waals surface area contributed by atoms with Gasteiger partial charge in [0.15, 0.2) is 0 Å². The Morgan fingerprint density at radius 3 is 2.80 bits per heavy atom. The summed E-state index contributed by atoms with van der Waals surface area (Å²) in [6.45, 7) is 1.22. The number of fused-ring (bicyclic) bond motifs is 1. The molecule has 102 valence electrons. The van der Waals surface area contributed by atoms with Gasteiger partial charge in [-0.2, -0.15) is 0 Å². The highest BCUT2D eigenvalue weighted by atomic mass is 79.9. The third-order valence-electron chi connectivity index (χ3n) is 3.04. The second kappa shape index (κ2) is 5.73. The molecule has 3 rings (SSSR count). The number of benzene rings is 2. The topological polar surface area (TPSA) is 40.7 Å². The molecular formula is C15H13BrFN3. The van der Waals surface area contributed by atoms with Gasteiger partial charge >= 0.3 is 0 Å². The van der Waals surface area contributed by atoms with E-state index >= 15 is 0 Å². The van der Waals surface area contributed by atoms with Crippen molar-refractivity contribution in [3.63, 3.8) is 0 Å². The molecule has 0 spiro atoms. The Bertz CT molecular complexity index is 706. The zero-order chi connectivity index (χ0) is 13.9. The number of para-hydroxylation sites is 2. The lowest BCUT2D eigenvalue weighted by Gasteiger charge is -2.04. The van der Waals surface area contributed by atoms with Crippen LogP contribution >= 0.6 is 15.9 Å². The molecule has 0 saturated carbocycles. The van der Waals surface area contributed by atoms with Crippen LogP contribution in [-0.4, -0.2) is 9.97 Å². The Morgan fingerprint density at radius 2 is 2.00 bits per heavy atom. The monoisotopic (exact) mass is 333 g/mol. The zero-order valence-corrected chi connectivity index (χ0v) is 12.2. The summed E-state index contributed by atoms with van der Waals surface area (Å²) < 4.78 is 13.9. The molecule has 0 bridgehead atoms. The highest BCUT2D eigenvalue weighted by Crippen LogP contribution is 2.16. The van der Waals surface area contributed by atoms with E-state index in [0.29, 0.717) is 17.6 Å². The van der Waals surface area contributed by atoms with Crippen LogP contribution < -0.4 is 5.32 Å². The summed E-state index contributed by atoms with van der Waals surface area (Å²) in [7, 11) is 0. The average molecular weight is 334 g/mol. The average Bonchev–Trinajstić information content (AvgIpc) is 2.85. The van der Waals surface area contributed by atoms with Crippen LogP contribution in [-0.2, 0) is 13.1 Å². The fourth-order valence-corrected chi connectivity index (χ4v) is 2.31. The Hall–Kier alpha value is -1.72. The van der Waals surface area contributed by atoms with Gasteiger partial charge in [-0.3, -0.25) is 0 Å². The van der Waals surface area contributed by atoms with Crippen molar-refractivity contribution in [2.45, 2.75) is 13.1 Å².